The molecule has 0 aliphatic heterocycles. The zero-order valence-corrected chi connectivity index (χ0v) is 6.11. The van der Waals surface area contributed by atoms with E-state index in [1.165, 1.54) is 18.2 Å². The molecule has 0 aliphatic carbocycles. The fourth-order valence-electron chi connectivity index (χ4n) is 0.582. The summed E-state index contributed by atoms with van der Waals surface area (Å²) < 4.78 is 27.2. The van der Waals surface area contributed by atoms with Crippen molar-refractivity contribution in [3.05, 3.63) is 29.3 Å². The predicted molar refractivity (Wildman–Crippen MR) is 36.9 cm³/mol. The first kappa shape index (κ1) is 8.27. The van der Waals surface area contributed by atoms with E-state index in [9.17, 15) is 8.78 Å². The average molecular weight is 178 g/mol. The van der Waals surface area contributed by atoms with Crippen molar-refractivity contribution in [3.63, 3.8) is 0 Å². The van der Waals surface area contributed by atoms with Crippen LogP contribution in [0.2, 0.25) is 5.02 Å². The van der Waals surface area contributed by atoms with Gasteiger partial charge in [0.15, 0.2) is 0 Å². The van der Waals surface area contributed by atoms with Gasteiger partial charge in [0.1, 0.15) is 5.75 Å². The molecule has 0 bridgehead atoms. The minimum Gasteiger partial charge on any atom is -0.434 e. The Hall–Kier alpha value is -0.830. The first-order valence-corrected chi connectivity index (χ1v) is 3.18. The van der Waals surface area contributed by atoms with Crippen molar-refractivity contribution in [1.82, 2.24) is 0 Å². The standard InChI is InChI=1S/C7H4ClF2O/c8-5-2-1-3-6(4-5)11-7(9)10/h1-2,4,7H. The lowest BCUT2D eigenvalue weighted by molar-refractivity contribution is -0.0500. The fourth-order valence-corrected chi connectivity index (χ4v) is 0.745. The molecule has 0 fully saturated rings. The third-order valence-corrected chi connectivity index (χ3v) is 1.19. The Kier molecular flexibility index (Phi) is 2.65. The van der Waals surface area contributed by atoms with Crippen molar-refractivity contribution in [2.45, 2.75) is 6.61 Å². The van der Waals surface area contributed by atoms with Gasteiger partial charge in [0, 0.05) is 11.1 Å². The summed E-state index contributed by atoms with van der Waals surface area (Å²) >= 11 is 5.48. The van der Waals surface area contributed by atoms with Crippen LogP contribution in [-0.4, -0.2) is 6.61 Å². The molecule has 1 rings (SSSR count). The van der Waals surface area contributed by atoms with Crippen molar-refractivity contribution in [2.24, 2.45) is 0 Å². The number of rotatable bonds is 2. The van der Waals surface area contributed by atoms with Gasteiger partial charge in [-0.05, 0) is 18.2 Å². The molecule has 0 aliphatic rings. The fraction of sp³-hybridized carbons (Fsp3) is 0.143. The second-order valence-corrected chi connectivity index (χ2v) is 2.19. The van der Waals surface area contributed by atoms with Crippen LogP contribution < -0.4 is 4.74 Å². The maximum absolute atomic E-state index is 11.6. The SMILES string of the molecule is FC(F)Oc1[c]ccc(Cl)c1. The molecule has 1 radical (unpaired) electrons. The highest BCUT2D eigenvalue weighted by molar-refractivity contribution is 6.30. The molecular weight excluding hydrogens is 174 g/mol. The number of hydrogen-bond donors (Lipinski definition) is 0. The Balaban J connectivity index is 2.71. The van der Waals surface area contributed by atoms with E-state index >= 15 is 0 Å². The smallest absolute Gasteiger partial charge is 0.387 e. The van der Waals surface area contributed by atoms with Crippen LogP contribution in [0, 0.1) is 6.07 Å². The number of benzene rings is 1. The number of ether oxygens (including phenoxy) is 1. The van der Waals surface area contributed by atoms with Crippen LogP contribution in [0.3, 0.4) is 0 Å². The van der Waals surface area contributed by atoms with Crippen molar-refractivity contribution < 1.29 is 13.5 Å². The molecule has 11 heavy (non-hydrogen) atoms. The van der Waals surface area contributed by atoms with Crippen LogP contribution in [0.5, 0.6) is 5.75 Å². The quantitative estimate of drug-likeness (QED) is 0.675. The number of halogens is 3. The van der Waals surface area contributed by atoms with Gasteiger partial charge in [0.05, 0.1) is 0 Å². The molecule has 0 amide bonds. The molecule has 1 aromatic rings. The Bertz CT molecular complexity index is 240. The van der Waals surface area contributed by atoms with Crippen LogP contribution >= 0.6 is 11.6 Å². The van der Waals surface area contributed by atoms with Gasteiger partial charge >= 0.3 is 6.61 Å². The van der Waals surface area contributed by atoms with Crippen LogP contribution in [0.25, 0.3) is 0 Å². The summed E-state index contributed by atoms with van der Waals surface area (Å²) in [7, 11) is 0. The van der Waals surface area contributed by atoms with Gasteiger partial charge < -0.3 is 4.74 Å². The first-order valence-electron chi connectivity index (χ1n) is 2.80. The lowest BCUT2D eigenvalue weighted by Gasteiger charge is -2.02. The zero-order valence-electron chi connectivity index (χ0n) is 5.35. The van der Waals surface area contributed by atoms with E-state index in [-0.39, 0.29) is 5.75 Å². The Labute approximate surface area is 67.5 Å². The normalized spacial score (nSPS) is 10.2. The van der Waals surface area contributed by atoms with Gasteiger partial charge in [-0.1, -0.05) is 11.6 Å². The lowest BCUT2D eigenvalue weighted by atomic mass is 10.3. The summed E-state index contributed by atoms with van der Waals surface area (Å²) in [5.74, 6) is -0.0486. The summed E-state index contributed by atoms with van der Waals surface area (Å²) in [6.45, 7) is -2.83. The summed E-state index contributed by atoms with van der Waals surface area (Å²) in [4.78, 5) is 0. The van der Waals surface area contributed by atoms with E-state index in [2.05, 4.69) is 10.8 Å². The zero-order chi connectivity index (χ0) is 8.27. The maximum atomic E-state index is 11.6. The Morgan fingerprint density at radius 2 is 2.27 bits per heavy atom. The Morgan fingerprint density at radius 1 is 1.55 bits per heavy atom. The molecule has 59 valence electrons. The average Bonchev–Trinajstić information content (AvgIpc) is 1.85. The van der Waals surface area contributed by atoms with E-state index in [4.69, 9.17) is 11.6 Å². The molecule has 0 saturated heterocycles. The largest absolute Gasteiger partial charge is 0.434 e. The molecule has 0 saturated carbocycles. The van der Waals surface area contributed by atoms with Crippen molar-refractivity contribution >= 4 is 11.6 Å². The van der Waals surface area contributed by atoms with Crippen molar-refractivity contribution in [1.29, 1.82) is 0 Å². The summed E-state index contributed by atoms with van der Waals surface area (Å²) in [6, 6.07) is 6.67. The first-order chi connectivity index (χ1) is 5.18. The highest BCUT2D eigenvalue weighted by Gasteiger charge is 2.03. The topological polar surface area (TPSA) is 9.23 Å². The maximum Gasteiger partial charge on any atom is 0.387 e. The summed E-state index contributed by atoms with van der Waals surface area (Å²) in [5, 5.41) is 0.347. The molecule has 1 nitrogen and oxygen atoms in total. The van der Waals surface area contributed by atoms with E-state index in [1.54, 1.807) is 0 Å². The second-order valence-electron chi connectivity index (χ2n) is 1.75. The van der Waals surface area contributed by atoms with Crippen LogP contribution in [0.4, 0.5) is 8.78 Å². The third kappa shape index (κ3) is 2.72. The number of alkyl halides is 2. The van der Waals surface area contributed by atoms with Gasteiger partial charge in [-0.3, -0.25) is 0 Å². The molecule has 0 N–H and O–H groups in total. The molecule has 0 aromatic heterocycles. The van der Waals surface area contributed by atoms with E-state index in [0.29, 0.717) is 5.02 Å². The highest BCUT2D eigenvalue weighted by atomic mass is 35.5. The van der Waals surface area contributed by atoms with Gasteiger partial charge in [0.2, 0.25) is 0 Å². The Morgan fingerprint density at radius 3 is 2.82 bits per heavy atom. The molecule has 0 spiro atoms. The van der Waals surface area contributed by atoms with Crippen molar-refractivity contribution in [2.75, 3.05) is 0 Å². The van der Waals surface area contributed by atoms with Crippen molar-refractivity contribution in [3.8, 4) is 5.75 Å². The summed E-state index contributed by atoms with van der Waals surface area (Å²) in [6.07, 6.45) is 0. The van der Waals surface area contributed by atoms with Crippen LogP contribution in [-0.2, 0) is 0 Å². The van der Waals surface area contributed by atoms with Gasteiger partial charge in [-0.25, -0.2) is 0 Å². The van der Waals surface area contributed by atoms with E-state index < -0.39 is 6.61 Å². The summed E-state index contributed by atoms with van der Waals surface area (Å²) in [5.41, 5.74) is 0. The molecule has 0 heterocycles. The van der Waals surface area contributed by atoms with Crippen LogP contribution in [0.15, 0.2) is 18.2 Å². The third-order valence-electron chi connectivity index (χ3n) is 0.953. The van der Waals surface area contributed by atoms with E-state index in [0.717, 1.165) is 0 Å². The minimum atomic E-state index is -2.83. The molecular formula is C7H4ClF2O. The minimum absolute atomic E-state index is 0.0486. The monoisotopic (exact) mass is 177 g/mol. The lowest BCUT2D eigenvalue weighted by Crippen LogP contribution is -2.01. The second kappa shape index (κ2) is 3.53. The van der Waals surface area contributed by atoms with Gasteiger partial charge in [-0.15, -0.1) is 0 Å². The molecule has 0 atom stereocenters. The van der Waals surface area contributed by atoms with Crippen LogP contribution in [0.1, 0.15) is 0 Å². The molecule has 4 heteroatoms. The molecule has 0 unspecified atom stereocenters. The molecule has 1 aromatic carbocycles. The predicted octanol–water partition coefficient (Wildman–Crippen LogP) is 2.74. The van der Waals surface area contributed by atoms with Gasteiger partial charge in [0.25, 0.3) is 0 Å². The number of hydrogen-bond acceptors (Lipinski definition) is 1. The van der Waals surface area contributed by atoms with Gasteiger partial charge in [-0.2, -0.15) is 8.78 Å². The van der Waals surface area contributed by atoms with E-state index in [1.807, 2.05) is 0 Å². The highest BCUT2D eigenvalue weighted by Crippen LogP contribution is 2.17.